The third-order valence-corrected chi connectivity index (χ3v) is 6.44. The maximum Gasteiger partial charge on any atom is 0.140 e. The van der Waals surface area contributed by atoms with E-state index in [0.717, 1.165) is 45.9 Å². The van der Waals surface area contributed by atoms with Crippen molar-refractivity contribution in [1.82, 2.24) is 0 Å². The van der Waals surface area contributed by atoms with E-state index in [0.29, 0.717) is 0 Å². The van der Waals surface area contributed by atoms with Crippen molar-refractivity contribution >= 4 is 49.2 Å². The molecule has 1 fully saturated rings. The van der Waals surface area contributed by atoms with Gasteiger partial charge in [-0.05, 0) is 55.7 Å². The molecule has 0 amide bonds. The molecule has 0 radical (unpaired) electrons. The third-order valence-electron chi connectivity index (χ3n) is 5.41. The number of anilines is 1. The van der Waals surface area contributed by atoms with E-state index in [-0.39, 0.29) is 0 Å². The van der Waals surface area contributed by atoms with Crippen molar-refractivity contribution in [2.75, 3.05) is 18.0 Å². The number of piperidine rings is 1. The number of rotatable bonds is 5. The number of hydrogen-bond donors (Lipinski definition) is 0. The fraction of sp³-hybridized carbons (Fsp3) is 0.200. The first-order chi connectivity index (χ1) is 15.4. The summed E-state index contributed by atoms with van der Waals surface area (Å²) in [6, 6.07) is 26.0. The van der Waals surface area contributed by atoms with Crippen LogP contribution in [0.15, 0.2) is 99.3 Å². The summed E-state index contributed by atoms with van der Waals surface area (Å²) in [4.78, 5) is 2.45. The van der Waals surface area contributed by atoms with Crippen molar-refractivity contribution in [3.63, 3.8) is 0 Å². The van der Waals surface area contributed by atoms with Gasteiger partial charge in [-0.25, -0.2) is 0 Å². The van der Waals surface area contributed by atoms with Crippen LogP contribution in [-0.2, 0) is 0 Å². The van der Waals surface area contributed by atoms with Gasteiger partial charge in [0.2, 0.25) is 0 Å². The minimum absolute atomic E-state index is 0.821. The smallest absolute Gasteiger partial charge is 0.140 e. The van der Waals surface area contributed by atoms with Gasteiger partial charge in [-0.3, -0.25) is 0 Å². The summed E-state index contributed by atoms with van der Waals surface area (Å²) in [6.45, 7) is 2.28. The van der Waals surface area contributed by atoms with Crippen LogP contribution in [-0.4, -0.2) is 13.1 Å². The highest BCUT2D eigenvalue weighted by Crippen LogP contribution is 2.37. The Hall–Kier alpha value is -3.38. The highest BCUT2D eigenvalue weighted by atomic mass is 32.1. The van der Waals surface area contributed by atoms with Gasteiger partial charge in [0.15, 0.2) is 0 Å². The van der Waals surface area contributed by atoms with Crippen LogP contribution < -0.4 is 4.90 Å². The van der Waals surface area contributed by atoms with Crippen LogP contribution in [0.2, 0.25) is 0 Å². The maximum absolute atomic E-state index is 4.57. The molecule has 6 heteroatoms. The molecule has 1 aromatic heterocycles. The molecular weight excluding hydrogens is 402 g/mol. The molecule has 1 saturated heterocycles. The molecule has 2 heterocycles. The fourth-order valence-corrected chi connectivity index (χ4v) is 4.69. The highest BCUT2D eigenvalue weighted by molar-refractivity contribution is 7.19. The summed E-state index contributed by atoms with van der Waals surface area (Å²) >= 11 is 1.70. The zero-order chi connectivity index (χ0) is 20.9. The lowest BCUT2D eigenvalue weighted by Crippen LogP contribution is -2.28. The Morgan fingerprint density at radius 1 is 0.581 bits per heavy atom. The van der Waals surface area contributed by atoms with Gasteiger partial charge in [0.05, 0.1) is 22.1 Å². The molecular formula is C25H23N5S. The van der Waals surface area contributed by atoms with Crippen LogP contribution in [0.5, 0.6) is 0 Å². The van der Waals surface area contributed by atoms with Gasteiger partial charge in [0, 0.05) is 23.9 Å². The van der Waals surface area contributed by atoms with Crippen LogP contribution >= 0.6 is 11.3 Å². The molecule has 31 heavy (non-hydrogen) atoms. The molecule has 0 atom stereocenters. The molecule has 5 nitrogen and oxygen atoms in total. The first kappa shape index (κ1) is 19.6. The Morgan fingerprint density at radius 2 is 1.23 bits per heavy atom. The summed E-state index contributed by atoms with van der Waals surface area (Å²) < 4.78 is 0. The summed E-state index contributed by atoms with van der Waals surface area (Å²) in [5.41, 5.74) is 2.49. The molecule has 0 N–H and O–H groups in total. The van der Waals surface area contributed by atoms with Crippen molar-refractivity contribution in [2.45, 2.75) is 19.3 Å². The van der Waals surface area contributed by atoms with Crippen molar-refractivity contribution in [1.29, 1.82) is 0 Å². The van der Waals surface area contributed by atoms with Crippen LogP contribution in [0.4, 0.5) is 27.1 Å². The maximum atomic E-state index is 4.57. The molecule has 1 aliphatic rings. The highest BCUT2D eigenvalue weighted by Gasteiger charge is 2.13. The average Bonchev–Trinajstić information content (AvgIpc) is 3.32. The van der Waals surface area contributed by atoms with Gasteiger partial charge in [-0.15, -0.1) is 15.3 Å². The number of benzene rings is 3. The first-order valence-electron chi connectivity index (χ1n) is 10.6. The molecule has 154 valence electrons. The molecule has 0 spiro atoms. The van der Waals surface area contributed by atoms with E-state index in [1.807, 2.05) is 60.7 Å². The predicted molar refractivity (Wildman–Crippen MR) is 129 cm³/mol. The standard InChI is InChI=1S/C25H23N5S/c1-3-9-19(10-4-1)26-27-22-13-14-23(21-12-6-5-11-20(21)22)28-29-24-15-16-25(31-24)30-17-7-2-8-18-30/h1,3-6,9-16H,2,7-8,17-18H2. The van der Waals surface area contributed by atoms with Crippen molar-refractivity contribution in [3.8, 4) is 0 Å². The second kappa shape index (κ2) is 9.18. The van der Waals surface area contributed by atoms with E-state index in [2.05, 4.69) is 43.6 Å². The summed E-state index contributed by atoms with van der Waals surface area (Å²) in [5, 5.41) is 22.2. The number of fused-ring (bicyclic) bond motifs is 1. The van der Waals surface area contributed by atoms with E-state index >= 15 is 0 Å². The SMILES string of the molecule is c1ccc(N=Nc2ccc(N=Nc3ccc(N4CCCCC4)s3)c3ccccc23)cc1. The van der Waals surface area contributed by atoms with E-state index in [1.54, 1.807) is 11.3 Å². The Balaban J connectivity index is 1.41. The summed E-state index contributed by atoms with van der Waals surface area (Å²) in [6.07, 6.45) is 3.88. The number of thiophene rings is 1. The monoisotopic (exact) mass is 425 g/mol. The number of nitrogens with zero attached hydrogens (tertiary/aromatic N) is 5. The van der Waals surface area contributed by atoms with Crippen molar-refractivity contribution in [3.05, 3.63) is 78.9 Å². The zero-order valence-electron chi connectivity index (χ0n) is 17.2. The average molecular weight is 426 g/mol. The van der Waals surface area contributed by atoms with E-state index < -0.39 is 0 Å². The molecule has 4 aromatic rings. The normalized spacial score (nSPS) is 14.8. The second-order valence-electron chi connectivity index (χ2n) is 7.54. The van der Waals surface area contributed by atoms with Gasteiger partial charge in [-0.2, -0.15) is 5.11 Å². The Kier molecular flexibility index (Phi) is 5.80. The lowest BCUT2D eigenvalue weighted by molar-refractivity contribution is 0.580. The molecule has 1 aliphatic heterocycles. The largest absolute Gasteiger partial charge is 0.363 e. The first-order valence-corrected chi connectivity index (χ1v) is 11.4. The fourth-order valence-electron chi connectivity index (χ4n) is 3.81. The summed E-state index contributed by atoms with van der Waals surface area (Å²) in [7, 11) is 0. The number of azo groups is 2. The van der Waals surface area contributed by atoms with Gasteiger partial charge >= 0.3 is 0 Å². The lowest BCUT2D eigenvalue weighted by Gasteiger charge is -2.26. The van der Waals surface area contributed by atoms with Crippen LogP contribution in [0.3, 0.4) is 0 Å². The van der Waals surface area contributed by atoms with Crippen LogP contribution in [0.25, 0.3) is 10.8 Å². The van der Waals surface area contributed by atoms with Crippen LogP contribution in [0.1, 0.15) is 19.3 Å². The zero-order valence-corrected chi connectivity index (χ0v) is 18.0. The molecule has 0 bridgehead atoms. The minimum Gasteiger partial charge on any atom is -0.363 e. The summed E-state index contributed by atoms with van der Waals surface area (Å²) in [5.74, 6) is 0. The predicted octanol–water partition coefficient (Wildman–Crippen LogP) is 8.72. The number of hydrogen-bond acceptors (Lipinski definition) is 6. The third kappa shape index (κ3) is 4.54. The quantitative estimate of drug-likeness (QED) is 0.295. The van der Waals surface area contributed by atoms with Gasteiger partial charge in [0.25, 0.3) is 0 Å². The van der Waals surface area contributed by atoms with E-state index in [9.17, 15) is 0 Å². The van der Waals surface area contributed by atoms with Gasteiger partial charge in [-0.1, -0.05) is 53.8 Å². The molecule has 5 rings (SSSR count). The molecule has 0 aliphatic carbocycles. The topological polar surface area (TPSA) is 52.7 Å². The minimum atomic E-state index is 0.821. The molecule has 3 aromatic carbocycles. The Labute approximate surface area is 185 Å². The van der Waals surface area contributed by atoms with Gasteiger partial charge in [0.1, 0.15) is 5.00 Å². The van der Waals surface area contributed by atoms with E-state index in [1.165, 1.54) is 24.3 Å². The van der Waals surface area contributed by atoms with Crippen molar-refractivity contribution < 1.29 is 0 Å². The van der Waals surface area contributed by atoms with Gasteiger partial charge < -0.3 is 4.90 Å². The Bertz CT molecular complexity index is 1220. The van der Waals surface area contributed by atoms with Crippen LogP contribution in [0, 0.1) is 0 Å². The lowest BCUT2D eigenvalue weighted by atomic mass is 10.1. The Morgan fingerprint density at radius 3 is 1.94 bits per heavy atom. The van der Waals surface area contributed by atoms with E-state index in [4.69, 9.17) is 0 Å². The molecule has 0 unspecified atom stereocenters. The van der Waals surface area contributed by atoms with Crippen molar-refractivity contribution in [2.24, 2.45) is 20.5 Å². The second-order valence-corrected chi connectivity index (χ2v) is 8.59. The molecule has 0 saturated carbocycles.